The Bertz CT molecular complexity index is 583. The van der Waals surface area contributed by atoms with Crippen LogP contribution in [0, 0.1) is 5.82 Å². The quantitative estimate of drug-likeness (QED) is 0.930. The summed E-state index contributed by atoms with van der Waals surface area (Å²) in [6, 6.07) is 5.89. The van der Waals surface area contributed by atoms with Crippen molar-refractivity contribution in [3.63, 3.8) is 0 Å². The molecular weight excluding hydrogens is 299 g/mol. The first-order valence-electron chi connectivity index (χ1n) is 7.75. The molecule has 2 rings (SSSR count). The standard InChI is InChI=1S/C17H23FN2O3/c1-17(2,3)23-16(22)20-8-7-14(11-20)19-15(21)10-12-5-4-6-13(18)9-12/h4-6,9,14H,7-8,10-11H2,1-3H3,(H,19,21)/t14-/m1/s1. The number of hydrogen-bond acceptors (Lipinski definition) is 3. The van der Waals surface area contributed by atoms with E-state index in [-0.39, 0.29) is 30.3 Å². The van der Waals surface area contributed by atoms with E-state index in [0.717, 1.165) is 0 Å². The van der Waals surface area contributed by atoms with Gasteiger partial charge >= 0.3 is 6.09 Å². The van der Waals surface area contributed by atoms with Crippen molar-refractivity contribution in [2.45, 2.75) is 45.3 Å². The molecule has 0 aromatic heterocycles. The van der Waals surface area contributed by atoms with Gasteiger partial charge in [-0.2, -0.15) is 0 Å². The number of likely N-dealkylation sites (tertiary alicyclic amines) is 1. The summed E-state index contributed by atoms with van der Waals surface area (Å²) in [5.74, 6) is -0.529. The second-order valence-corrected chi connectivity index (χ2v) is 6.79. The number of nitrogens with zero attached hydrogens (tertiary/aromatic N) is 1. The summed E-state index contributed by atoms with van der Waals surface area (Å²) >= 11 is 0. The molecule has 0 spiro atoms. The highest BCUT2D eigenvalue weighted by Crippen LogP contribution is 2.15. The van der Waals surface area contributed by atoms with Crippen molar-refractivity contribution in [3.05, 3.63) is 35.6 Å². The topological polar surface area (TPSA) is 58.6 Å². The Morgan fingerprint density at radius 1 is 1.39 bits per heavy atom. The molecule has 1 fully saturated rings. The Balaban J connectivity index is 1.81. The first-order valence-corrected chi connectivity index (χ1v) is 7.75. The van der Waals surface area contributed by atoms with Gasteiger partial charge in [0.2, 0.25) is 5.91 Å². The SMILES string of the molecule is CC(C)(C)OC(=O)N1CC[C@@H](NC(=O)Cc2cccc(F)c2)C1. The number of ether oxygens (including phenoxy) is 1. The van der Waals surface area contributed by atoms with Gasteiger partial charge in [0.05, 0.1) is 6.42 Å². The molecule has 1 saturated heterocycles. The predicted molar refractivity (Wildman–Crippen MR) is 84.5 cm³/mol. The van der Waals surface area contributed by atoms with E-state index < -0.39 is 5.60 Å². The Kier molecular flexibility index (Phi) is 5.23. The number of rotatable bonds is 3. The molecule has 1 heterocycles. The Morgan fingerprint density at radius 3 is 2.78 bits per heavy atom. The number of nitrogens with one attached hydrogen (secondary N) is 1. The third kappa shape index (κ3) is 5.54. The van der Waals surface area contributed by atoms with E-state index in [4.69, 9.17) is 4.74 Å². The number of amides is 2. The number of carbonyl (C=O) groups excluding carboxylic acids is 2. The lowest BCUT2D eigenvalue weighted by Gasteiger charge is -2.24. The first kappa shape index (κ1) is 17.2. The third-order valence-corrected chi connectivity index (χ3v) is 3.46. The Labute approximate surface area is 135 Å². The van der Waals surface area contributed by atoms with Gasteiger partial charge in [-0.15, -0.1) is 0 Å². The maximum absolute atomic E-state index is 13.1. The molecule has 0 unspecified atom stereocenters. The van der Waals surface area contributed by atoms with Crippen LogP contribution >= 0.6 is 0 Å². The van der Waals surface area contributed by atoms with Gasteiger partial charge < -0.3 is 15.0 Å². The van der Waals surface area contributed by atoms with Crippen LogP contribution in [0.3, 0.4) is 0 Å². The van der Waals surface area contributed by atoms with Crippen LogP contribution in [0.15, 0.2) is 24.3 Å². The van der Waals surface area contributed by atoms with Gasteiger partial charge in [0.15, 0.2) is 0 Å². The molecule has 0 bridgehead atoms. The monoisotopic (exact) mass is 322 g/mol. The van der Waals surface area contributed by atoms with Crippen molar-refractivity contribution >= 4 is 12.0 Å². The minimum Gasteiger partial charge on any atom is -0.444 e. The molecule has 0 saturated carbocycles. The Hall–Kier alpha value is -2.11. The van der Waals surface area contributed by atoms with Gasteiger partial charge in [0.25, 0.3) is 0 Å². The zero-order valence-corrected chi connectivity index (χ0v) is 13.8. The average Bonchev–Trinajstić information content (AvgIpc) is 2.85. The lowest BCUT2D eigenvalue weighted by molar-refractivity contribution is -0.121. The molecule has 1 aromatic carbocycles. The number of halogens is 1. The average molecular weight is 322 g/mol. The van der Waals surface area contributed by atoms with E-state index in [0.29, 0.717) is 25.1 Å². The maximum Gasteiger partial charge on any atom is 0.410 e. The molecule has 1 aliphatic heterocycles. The van der Waals surface area contributed by atoms with Gasteiger partial charge in [0, 0.05) is 19.1 Å². The summed E-state index contributed by atoms with van der Waals surface area (Å²) in [5, 5.41) is 2.88. The summed E-state index contributed by atoms with van der Waals surface area (Å²) in [5.41, 5.74) is 0.0972. The minimum absolute atomic E-state index is 0.0939. The predicted octanol–water partition coefficient (Wildman–Crippen LogP) is 2.49. The van der Waals surface area contributed by atoms with Gasteiger partial charge in [-0.3, -0.25) is 4.79 Å². The van der Waals surface area contributed by atoms with Crippen LogP contribution in [0.2, 0.25) is 0 Å². The summed E-state index contributed by atoms with van der Waals surface area (Å²) in [4.78, 5) is 25.6. The normalized spacial score (nSPS) is 17.9. The molecule has 6 heteroatoms. The van der Waals surface area contributed by atoms with E-state index in [1.807, 2.05) is 20.8 Å². The summed E-state index contributed by atoms with van der Waals surface area (Å²) < 4.78 is 18.4. The third-order valence-electron chi connectivity index (χ3n) is 3.46. The van der Waals surface area contributed by atoms with E-state index in [2.05, 4.69) is 5.32 Å². The molecule has 1 aromatic rings. The van der Waals surface area contributed by atoms with Crippen LogP contribution in [0.25, 0.3) is 0 Å². The molecular formula is C17H23FN2O3. The molecule has 23 heavy (non-hydrogen) atoms. The Morgan fingerprint density at radius 2 is 2.13 bits per heavy atom. The van der Waals surface area contributed by atoms with Gasteiger partial charge in [-0.1, -0.05) is 12.1 Å². The largest absolute Gasteiger partial charge is 0.444 e. The number of benzene rings is 1. The van der Waals surface area contributed by atoms with Gasteiger partial charge in [-0.25, -0.2) is 9.18 Å². The lowest BCUT2D eigenvalue weighted by atomic mass is 10.1. The highest BCUT2D eigenvalue weighted by molar-refractivity contribution is 5.79. The van der Waals surface area contributed by atoms with Gasteiger partial charge in [0.1, 0.15) is 11.4 Å². The highest BCUT2D eigenvalue weighted by atomic mass is 19.1. The van der Waals surface area contributed by atoms with Crippen molar-refractivity contribution in [2.75, 3.05) is 13.1 Å². The van der Waals surface area contributed by atoms with Crippen LogP contribution in [0.4, 0.5) is 9.18 Å². The van der Waals surface area contributed by atoms with Crippen LogP contribution < -0.4 is 5.32 Å². The van der Waals surface area contributed by atoms with Crippen molar-refractivity contribution in [1.29, 1.82) is 0 Å². The van der Waals surface area contributed by atoms with Crippen molar-refractivity contribution in [2.24, 2.45) is 0 Å². The van der Waals surface area contributed by atoms with E-state index >= 15 is 0 Å². The fraction of sp³-hybridized carbons (Fsp3) is 0.529. The van der Waals surface area contributed by atoms with E-state index in [9.17, 15) is 14.0 Å². The molecule has 1 aliphatic rings. The smallest absolute Gasteiger partial charge is 0.410 e. The fourth-order valence-corrected chi connectivity index (χ4v) is 2.48. The van der Waals surface area contributed by atoms with Crippen molar-refractivity contribution < 1.29 is 18.7 Å². The minimum atomic E-state index is -0.532. The fourth-order valence-electron chi connectivity index (χ4n) is 2.48. The number of hydrogen-bond donors (Lipinski definition) is 1. The zero-order chi connectivity index (χ0) is 17.0. The van der Waals surface area contributed by atoms with E-state index in [1.165, 1.54) is 12.1 Å². The number of carbonyl (C=O) groups is 2. The summed E-state index contributed by atoms with van der Waals surface area (Å²) in [6.45, 7) is 6.45. The van der Waals surface area contributed by atoms with Crippen LogP contribution in [-0.2, 0) is 16.0 Å². The molecule has 0 aliphatic carbocycles. The molecule has 5 nitrogen and oxygen atoms in total. The van der Waals surface area contributed by atoms with Crippen molar-refractivity contribution in [1.82, 2.24) is 10.2 Å². The van der Waals surface area contributed by atoms with Crippen LogP contribution in [0.1, 0.15) is 32.8 Å². The second-order valence-electron chi connectivity index (χ2n) is 6.79. The second kappa shape index (κ2) is 6.98. The molecule has 2 amide bonds. The molecule has 1 atom stereocenters. The first-order chi connectivity index (χ1) is 10.7. The summed E-state index contributed by atoms with van der Waals surface area (Å²) in [6.07, 6.45) is 0.453. The molecule has 1 N–H and O–H groups in total. The van der Waals surface area contributed by atoms with Crippen LogP contribution in [-0.4, -0.2) is 41.6 Å². The maximum atomic E-state index is 13.1. The van der Waals surface area contributed by atoms with E-state index in [1.54, 1.807) is 17.0 Å². The van der Waals surface area contributed by atoms with Gasteiger partial charge in [-0.05, 0) is 44.9 Å². The zero-order valence-electron chi connectivity index (χ0n) is 13.8. The molecule has 126 valence electrons. The van der Waals surface area contributed by atoms with Crippen LogP contribution in [0.5, 0.6) is 0 Å². The highest BCUT2D eigenvalue weighted by Gasteiger charge is 2.30. The lowest BCUT2D eigenvalue weighted by Crippen LogP contribution is -2.40. The molecule has 0 radical (unpaired) electrons. The summed E-state index contributed by atoms with van der Waals surface area (Å²) in [7, 11) is 0. The van der Waals surface area contributed by atoms with Crippen molar-refractivity contribution in [3.8, 4) is 0 Å².